The highest BCUT2D eigenvalue weighted by atomic mass is 16.5. The summed E-state index contributed by atoms with van der Waals surface area (Å²) >= 11 is 0. The van der Waals surface area contributed by atoms with Crippen LogP contribution in [0.15, 0.2) is 30.3 Å². The molecular formula is C16H24N2O3. The summed E-state index contributed by atoms with van der Waals surface area (Å²) < 4.78 is 10.8. The number of amides is 1. The molecule has 2 atom stereocenters. The predicted molar refractivity (Wildman–Crippen MR) is 81.4 cm³/mol. The largest absolute Gasteiger partial charge is 0.491 e. The molecule has 1 heterocycles. The maximum Gasteiger partial charge on any atom is 0.246 e. The van der Waals surface area contributed by atoms with E-state index in [1.165, 1.54) is 0 Å². The zero-order valence-corrected chi connectivity index (χ0v) is 12.5. The minimum Gasteiger partial charge on any atom is -0.491 e. The van der Waals surface area contributed by atoms with E-state index in [1.807, 2.05) is 30.3 Å². The number of para-hydroxylation sites is 1. The molecule has 0 aromatic heterocycles. The lowest BCUT2D eigenvalue weighted by Gasteiger charge is -2.28. The van der Waals surface area contributed by atoms with Crippen molar-refractivity contribution in [1.29, 1.82) is 0 Å². The van der Waals surface area contributed by atoms with E-state index < -0.39 is 0 Å². The Labute approximate surface area is 126 Å². The molecule has 116 valence electrons. The van der Waals surface area contributed by atoms with Crippen LogP contribution in [0.4, 0.5) is 0 Å². The lowest BCUT2D eigenvalue weighted by Crippen LogP contribution is -2.47. The van der Waals surface area contributed by atoms with Crippen LogP contribution in [0.25, 0.3) is 0 Å². The van der Waals surface area contributed by atoms with Gasteiger partial charge < -0.3 is 20.1 Å². The van der Waals surface area contributed by atoms with Crippen molar-refractivity contribution in [2.24, 2.45) is 0 Å². The van der Waals surface area contributed by atoms with E-state index in [0.717, 1.165) is 25.1 Å². The lowest BCUT2D eigenvalue weighted by atomic mass is 10.0. The second kappa shape index (κ2) is 8.64. The monoisotopic (exact) mass is 292 g/mol. The summed E-state index contributed by atoms with van der Waals surface area (Å²) in [5, 5.41) is 6.37. The quantitative estimate of drug-likeness (QED) is 0.745. The van der Waals surface area contributed by atoms with Gasteiger partial charge in [0.25, 0.3) is 0 Å². The fraction of sp³-hybridized carbons (Fsp3) is 0.562. The molecule has 0 spiro atoms. The average molecular weight is 292 g/mol. The fourth-order valence-electron chi connectivity index (χ4n) is 2.43. The highest BCUT2D eigenvalue weighted by Gasteiger charge is 2.19. The molecule has 0 aliphatic carbocycles. The molecule has 1 aromatic rings. The van der Waals surface area contributed by atoms with Crippen molar-refractivity contribution in [3.63, 3.8) is 0 Å². The first-order chi connectivity index (χ1) is 10.2. The van der Waals surface area contributed by atoms with Crippen LogP contribution in [-0.4, -0.2) is 44.4 Å². The number of nitrogens with one attached hydrogen (secondary N) is 2. The van der Waals surface area contributed by atoms with Crippen LogP contribution >= 0.6 is 0 Å². The van der Waals surface area contributed by atoms with Gasteiger partial charge in [-0.2, -0.15) is 0 Å². The van der Waals surface area contributed by atoms with Gasteiger partial charge in [0.05, 0.1) is 6.61 Å². The van der Waals surface area contributed by atoms with Gasteiger partial charge in [-0.1, -0.05) is 18.2 Å². The van der Waals surface area contributed by atoms with Crippen LogP contribution in [0, 0.1) is 0 Å². The third kappa shape index (κ3) is 6.14. The zero-order valence-electron chi connectivity index (χ0n) is 12.5. The van der Waals surface area contributed by atoms with Gasteiger partial charge in [0, 0.05) is 12.1 Å². The van der Waals surface area contributed by atoms with Crippen LogP contribution in [0.5, 0.6) is 5.75 Å². The van der Waals surface area contributed by atoms with Crippen molar-refractivity contribution in [2.75, 3.05) is 26.4 Å². The molecule has 1 fully saturated rings. The molecule has 1 amide bonds. The SMILES string of the molecule is CC1CC(NC(=O)COCCOc2ccccc2)CCN1. The summed E-state index contributed by atoms with van der Waals surface area (Å²) in [6.45, 7) is 4.04. The number of hydrogen-bond acceptors (Lipinski definition) is 4. The summed E-state index contributed by atoms with van der Waals surface area (Å²) in [5.74, 6) is 0.767. The van der Waals surface area contributed by atoms with Crippen molar-refractivity contribution in [2.45, 2.75) is 31.8 Å². The van der Waals surface area contributed by atoms with Gasteiger partial charge in [0.2, 0.25) is 5.91 Å². The number of carbonyl (C=O) groups excluding carboxylic acids is 1. The minimum atomic E-state index is -0.0474. The van der Waals surface area contributed by atoms with E-state index in [9.17, 15) is 4.79 Å². The molecule has 1 saturated heterocycles. The summed E-state index contributed by atoms with van der Waals surface area (Å²) in [6, 6.07) is 10.3. The molecule has 0 saturated carbocycles. The third-order valence-corrected chi connectivity index (χ3v) is 3.46. The molecule has 1 aromatic carbocycles. The minimum absolute atomic E-state index is 0.0474. The van der Waals surface area contributed by atoms with Crippen LogP contribution in [-0.2, 0) is 9.53 Å². The molecule has 2 N–H and O–H groups in total. The van der Waals surface area contributed by atoms with Crippen molar-refractivity contribution in [3.05, 3.63) is 30.3 Å². The van der Waals surface area contributed by atoms with Gasteiger partial charge in [0.1, 0.15) is 19.0 Å². The van der Waals surface area contributed by atoms with Crippen LogP contribution in [0.2, 0.25) is 0 Å². The van der Waals surface area contributed by atoms with E-state index in [4.69, 9.17) is 9.47 Å². The first kappa shape index (κ1) is 15.8. The van der Waals surface area contributed by atoms with E-state index in [2.05, 4.69) is 17.6 Å². The Hall–Kier alpha value is -1.59. The number of ether oxygens (including phenoxy) is 2. The molecule has 1 aliphatic rings. The summed E-state index contributed by atoms with van der Waals surface area (Å²) in [4.78, 5) is 11.8. The second-order valence-electron chi connectivity index (χ2n) is 5.36. The van der Waals surface area contributed by atoms with Gasteiger partial charge >= 0.3 is 0 Å². The van der Waals surface area contributed by atoms with Gasteiger partial charge in [-0.05, 0) is 38.4 Å². The van der Waals surface area contributed by atoms with Gasteiger partial charge in [-0.3, -0.25) is 4.79 Å². The Bertz CT molecular complexity index is 425. The Morgan fingerprint density at radius 2 is 2.14 bits per heavy atom. The highest BCUT2D eigenvalue weighted by Crippen LogP contribution is 2.08. The molecule has 21 heavy (non-hydrogen) atoms. The first-order valence-electron chi connectivity index (χ1n) is 7.52. The zero-order chi connectivity index (χ0) is 14.9. The maximum atomic E-state index is 11.8. The topological polar surface area (TPSA) is 59.6 Å². The number of carbonyl (C=O) groups is 1. The van der Waals surface area contributed by atoms with Crippen LogP contribution < -0.4 is 15.4 Å². The van der Waals surface area contributed by atoms with E-state index >= 15 is 0 Å². The van der Waals surface area contributed by atoms with Crippen molar-refractivity contribution in [3.8, 4) is 5.75 Å². The van der Waals surface area contributed by atoms with Crippen LogP contribution in [0.1, 0.15) is 19.8 Å². The normalized spacial score (nSPS) is 21.8. The Kier molecular flexibility index (Phi) is 6.50. The lowest BCUT2D eigenvalue weighted by molar-refractivity contribution is -0.126. The Balaban J connectivity index is 1.53. The molecule has 2 unspecified atom stereocenters. The number of benzene rings is 1. The number of rotatable bonds is 7. The molecule has 5 nitrogen and oxygen atoms in total. The van der Waals surface area contributed by atoms with Crippen molar-refractivity contribution < 1.29 is 14.3 Å². The van der Waals surface area contributed by atoms with Gasteiger partial charge in [-0.25, -0.2) is 0 Å². The predicted octanol–water partition coefficient (Wildman–Crippen LogP) is 1.34. The second-order valence-corrected chi connectivity index (χ2v) is 5.36. The summed E-state index contributed by atoms with van der Waals surface area (Å²) in [7, 11) is 0. The van der Waals surface area contributed by atoms with Crippen molar-refractivity contribution in [1.82, 2.24) is 10.6 Å². The van der Waals surface area contributed by atoms with Gasteiger partial charge in [-0.15, -0.1) is 0 Å². The summed E-state index contributed by atoms with van der Waals surface area (Å²) in [5.41, 5.74) is 0. The molecule has 0 radical (unpaired) electrons. The average Bonchev–Trinajstić information content (AvgIpc) is 2.48. The van der Waals surface area contributed by atoms with E-state index in [-0.39, 0.29) is 18.6 Å². The molecule has 1 aliphatic heterocycles. The third-order valence-electron chi connectivity index (χ3n) is 3.46. The molecule has 0 bridgehead atoms. The molecule has 2 rings (SSSR count). The van der Waals surface area contributed by atoms with E-state index in [0.29, 0.717) is 19.3 Å². The Morgan fingerprint density at radius 1 is 1.33 bits per heavy atom. The Morgan fingerprint density at radius 3 is 2.90 bits per heavy atom. The van der Waals surface area contributed by atoms with E-state index in [1.54, 1.807) is 0 Å². The molecular weight excluding hydrogens is 268 g/mol. The van der Waals surface area contributed by atoms with Crippen molar-refractivity contribution >= 4 is 5.91 Å². The first-order valence-corrected chi connectivity index (χ1v) is 7.52. The maximum absolute atomic E-state index is 11.8. The van der Waals surface area contributed by atoms with Gasteiger partial charge in [0.15, 0.2) is 0 Å². The summed E-state index contributed by atoms with van der Waals surface area (Å²) in [6.07, 6.45) is 1.95. The van der Waals surface area contributed by atoms with Crippen LogP contribution in [0.3, 0.4) is 0 Å². The smallest absolute Gasteiger partial charge is 0.246 e. The standard InChI is InChI=1S/C16H24N2O3/c1-13-11-14(7-8-17-13)18-16(19)12-20-9-10-21-15-5-3-2-4-6-15/h2-6,13-14,17H,7-12H2,1H3,(H,18,19). The fourth-order valence-corrected chi connectivity index (χ4v) is 2.43. The molecule has 5 heteroatoms. The number of hydrogen-bond donors (Lipinski definition) is 2. The number of piperidine rings is 1. The highest BCUT2D eigenvalue weighted by molar-refractivity contribution is 5.77.